The molecule has 1 aliphatic heterocycles. The van der Waals surface area contributed by atoms with Crippen LogP contribution in [-0.4, -0.2) is 69.5 Å². The summed E-state index contributed by atoms with van der Waals surface area (Å²) in [6.07, 6.45) is 4.67. The van der Waals surface area contributed by atoms with Crippen molar-refractivity contribution in [1.82, 2.24) is 15.5 Å². The first-order chi connectivity index (χ1) is 19.0. The number of nitrogens with one attached hydrogen (secondary N) is 2. The lowest BCUT2D eigenvalue weighted by Gasteiger charge is -2.47. The number of fused-ring (bicyclic) bond motifs is 1. The van der Waals surface area contributed by atoms with Crippen LogP contribution < -0.4 is 10.6 Å². The molecule has 5 unspecified atom stereocenters. The molecule has 0 bridgehead atoms. The summed E-state index contributed by atoms with van der Waals surface area (Å²) in [5.41, 5.74) is 0.543. The second-order valence-electron chi connectivity index (χ2n) is 12.5. The Morgan fingerprint density at radius 2 is 1.73 bits per heavy atom. The van der Waals surface area contributed by atoms with Crippen molar-refractivity contribution in [2.24, 2.45) is 11.8 Å². The molecule has 0 radical (unpaired) electrons. The number of aromatic hydroxyl groups is 1. The van der Waals surface area contributed by atoms with E-state index in [-0.39, 0.29) is 36.6 Å². The largest absolute Gasteiger partial charge is 0.508 e. The van der Waals surface area contributed by atoms with E-state index in [0.29, 0.717) is 35.3 Å². The smallest absolute Gasteiger partial charge is 0.252 e. The van der Waals surface area contributed by atoms with Crippen LogP contribution in [0.1, 0.15) is 76.2 Å². The van der Waals surface area contributed by atoms with Crippen LogP contribution in [0.25, 0.3) is 0 Å². The third-order valence-electron chi connectivity index (χ3n) is 8.23. The Labute approximate surface area is 250 Å². The maximum absolute atomic E-state index is 13.5. The van der Waals surface area contributed by atoms with E-state index in [1.54, 1.807) is 36.9 Å². The van der Waals surface area contributed by atoms with Gasteiger partial charge >= 0.3 is 0 Å². The van der Waals surface area contributed by atoms with Crippen molar-refractivity contribution in [3.8, 4) is 5.75 Å². The number of carbonyl (C=O) groups excluding carboxylic acids is 2. The summed E-state index contributed by atoms with van der Waals surface area (Å²) < 4.78 is 0. The number of β-amino-alcohol motifs (C(OH)–C–C–N with tert-alkyl or cyclic N) is 1. The molecular weight excluding hydrogens is 534 g/mol. The van der Waals surface area contributed by atoms with E-state index in [1.165, 1.54) is 12.8 Å². The third kappa shape index (κ3) is 8.97. The molecule has 4 rings (SSSR count). The predicted octanol–water partition coefficient (Wildman–Crippen LogP) is 5.38. The Hall–Kier alpha value is -2.55. The summed E-state index contributed by atoms with van der Waals surface area (Å²) in [5, 5.41) is 28.0. The molecule has 2 amide bonds. The van der Waals surface area contributed by atoms with E-state index in [4.69, 9.17) is 0 Å². The first-order valence-electron chi connectivity index (χ1n) is 14.5. The first-order valence-corrected chi connectivity index (χ1v) is 15.5. The molecule has 2 aromatic rings. The molecule has 226 valence electrons. The summed E-state index contributed by atoms with van der Waals surface area (Å²) in [4.78, 5) is 30.0. The summed E-state index contributed by atoms with van der Waals surface area (Å²) in [5.74, 6) is 1.27. The van der Waals surface area contributed by atoms with Crippen LogP contribution in [0.2, 0.25) is 0 Å². The minimum atomic E-state index is -0.886. The van der Waals surface area contributed by atoms with Crippen LogP contribution in [0.5, 0.6) is 5.75 Å². The lowest BCUT2D eigenvalue weighted by Crippen LogP contribution is -2.60. The molecule has 41 heavy (non-hydrogen) atoms. The maximum atomic E-state index is 13.5. The Balaban J connectivity index is 0.00000462. The monoisotopic (exact) mass is 583 g/mol. The van der Waals surface area contributed by atoms with E-state index in [0.717, 1.165) is 30.7 Å². The lowest BCUT2D eigenvalue weighted by atomic mass is 9.72. The van der Waals surface area contributed by atoms with Gasteiger partial charge in [0.15, 0.2) is 0 Å². The molecule has 8 heteroatoms. The molecule has 5 atom stereocenters. The van der Waals surface area contributed by atoms with Crippen molar-refractivity contribution in [1.29, 1.82) is 0 Å². The topological polar surface area (TPSA) is 102 Å². The molecule has 1 saturated heterocycles. The Kier molecular flexibility index (Phi) is 11.7. The minimum absolute atomic E-state index is 0. The van der Waals surface area contributed by atoms with Gasteiger partial charge in [-0.15, -0.1) is 11.8 Å². The fraction of sp³-hybridized carbons (Fsp3) is 0.576. The van der Waals surface area contributed by atoms with Gasteiger partial charge in [0.2, 0.25) is 5.91 Å². The zero-order chi connectivity index (χ0) is 28.9. The van der Waals surface area contributed by atoms with E-state index in [9.17, 15) is 19.8 Å². The second-order valence-corrected chi connectivity index (χ2v) is 13.6. The number of phenolic OH excluding ortho intramolecular Hbond substituents is 1. The molecule has 1 heterocycles. The normalized spacial score (nSPS) is 22.5. The number of rotatable bonds is 9. The molecule has 1 saturated carbocycles. The van der Waals surface area contributed by atoms with Crippen LogP contribution >= 0.6 is 11.8 Å². The number of nitrogens with zero attached hydrogens (tertiary/aromatic N) is 1. The average molecular weight is 584 g/mol. The molecule has 7 nitrogen and oxygen atoms in total. The third-order valence-corrected chi connectivity index (χ3v) is 9.36. The number of piperidine rings is 1. The molecule has 0 spiro atoms. The van der Waals surface area contributed by atoms with Gasteiger partial charge in [0.1, 0.15) is 5.75 Å². The van der Waals surface area contributed by atoms with Crippen molar-refractivity contribution in [3.05, 3.63) is 59.7 Å². The van der Waals surface area contributed by atoms with Gasteiger partial charge in [-0.3, -0.25) is 14.5 Å². The maximum Gasteiger partial charge on any atom is 0.252 e. The highest BCUT2D eigenvalue weighted by Crippen LogP contribution is 2.39. The molecular formula is C33H49N3O4S. The number of hydrogen-bond acceptors (Lipinski definition) is 6. The van der Waals surface area contributed by atoms with Gasteiger partial charge in [-0.2, -0.15) is 0 Å². The quantitative estimate of drug-likeness (QED) is 0.296. The van der Waals surface area contributed by atoms with Gasteiger partial charge in [-0.05, 0) is 76.6 Å². The lowest BCUT2D eigenvalue weighted by molar-refractivity contribution is -0.132. The number of likely N-dealkylation sites (tertiary alicyclic amines) is 1. The molecule has 2 aromatic carbocycles. The van der Waals surface area contributed by atoms with E-state index in [2.05, 4.69) is 15.5 Å². The second kappa shape index (κ2) is 14.6. The van der Waals surface area contributed by atoms with Gasteiger partial charge in [-0.25, -0.2) is 0 Å². The zero-order valence-electron chi connectivity index (χ0n) is 24.2. The number of thioether (sulfide) groups is 1. The van der Waals surface area contributed by atoms with Crippen LogP contribution in [0, 0.1) is 18.8 Å². The summed E-state index contributed by atoms with van der Waals surface area (Å²) in [6.45, 7) is 8.76. The van der Waals surface area contributed by atoms with Crippen LogP contribution in [0.3, 0.4) is 0 Å². The van der Waals surface area contributed by atoms with Crippen LogP contribution in [0.15, 0.2) is 53.4 Å². The minimum Gasteiger partial charge on any atom is -0.508 e. The molecule has 2 aliphatic rings. The SMILES string of the molecule is C.Cc1c(O)cccc1C(=O)NC(CSc1ccccc1)C(O)CN1CC2CCCCC2CC1C(=O)NC(C)(C)C. The number of hydrogen-bond donors (Lipinski definition) is 4. The molecule has 1 aliphatic carbocycles. The first kappa shape index (κ1) is 33.0. The number of benzene rings is 2. The number of amides is 2. The van der Waals surface area contributed by atoms with E-state index in [1.807, 2.05) is 51.1 Å². The number of carbonyl (C=O) groups is 2. The molecule has 2 fully saturated rings. The fourth-order valence-corrected chi connectivity index (χ4v) is 7.09. The Morgan fingerprint density at radius 1 is 1.05 bits per heavy atom. The summed E-state index contributed by atoms with van der Waals surface area (Å²) in [7, 11) is 0. The van der Waals surface area contributed by atoms with E-state index < -0.39 is 12.1 Å². The van der Waals surface area contributed by atoms with Gasteiger partial charge in [0, 0.05) is 40.4 Å². The highest BCUT2D eigenvalue weighted by Gasteiger charge is 2.41. The highest BCUT2D eigenvalue weighted by atomic mass is 32.2. The van der Waals surface area contributed by atoms with E-state index >= 15 is 0 Å². The Morgan fingerprint density at radius 3 is 2.41 bits per heavy atom. The average Bonchev–Trinajstić information content (AvgIpc) is 2.91. The van der Waals surface area contributed by atoms with Gasteiger partial charge in [0.25, 0.3) is 5.91 Å². The number of phenols is 1. The molecule has 0 aromatic heterocycles. The Bertz CT molecular complexity index is 1150. The predicted molar refractivity (Wildman–Crippen MR) is 167 cm³/mol. The van der Waals surface area contributed by atoms with Crippen molar-refractivity contribution in [2.45, 2.75) is 95.8 Å². The number of aliphatic hydroxyl groups excluding tert-OH is 1. The van der Waals surface area contributed by atoms with Gasteiger partial charge in [-0.1, -0.05) is 51.0 Å². The highest BCUT2D eigenvalue weighted by molar-refractivity contribution is 7.99. The number of aliphatic hydroxyl groups is 1. The van der Waals surface area contributed by atoms with Crippen molar-refractivity contribution in [2.75, 3.05) is 18.8 Å². The van der Waals surface area contributed by atoms with Crippen LogP contribution in [0.4, 0.5) is 0 Å². The standard InChI is InChI=1S/C32H45N3O4S.CH4/c1-21-25(15-10-16-28(21)36)30(38)33-26(20-40-24-13-6-5-7-14-24)29(37)19-35-18-23-12-9-8-11-22(23)17-27(35)31(39)34-32(2,3)4;/h5-7,10,13-16,22-23,26-27,29,36-37H,8-9,11-12,17-20H2,1-4H3,(H,33,38)(H,34,39);1H4. The fourth-order valence-electron chi connectivity index (χ4n) is 6.06. The van der Waals surface area contributed by atoms with Crippen LogP contribution in [-0.2, 0) is 4.79 Å². The van der Waals surface area contributed by atoms with Crippen molar-refractivity contribution in [3.63, 3.8) is 0 Å². The van der Waals surface area contributed by atoms with Crippen molar-refractivity contribution >= 4 is 23.6 Å². The van der Waals surface area contributed by atoms with Gasteiger partial charge in [0.05, 0.1) is 18.2 Å². The molecule has 4 N–H and O–H groups in total. The van der Waals surface area contributed by atoms with Crippen molar-refractivity contribution < 1.29 is 19.8 Å². The zero-order valence-corrected chi connectivity index (χ0v) is 25.0. The summed E-state index contributed by atoms with van der Waals surface area (Å²) >= 11 is 1.57. The summed E-state index contributed by atoms with van der Waals surface area (Å²) in [6, 6.07) is 13.9. The van der Waals surface area contributed by atoms with Gasteiger partial charge < -0.3 is 20.8 Å².